The first kappa shape index (κ1) is 13.3. The predicted molar refractivity (Wildman–Crippen MR) is 79.3 cm³/mol. The Morgan fingerprint density at radius 3 is 2.48 bits per heavy atom. The predicted octanol–water partition coefficient (Wildman–Crippen LogP) is 0.428. The van der Waals surface area contributed by atoms with Crippen LogP contribution in [0, 0.1) is 0 Å². The van der Waals surface area contributed by atoms with Crippen molar-refractivity contribution in [3.63, 3.8) is 0 Å². The van der Waals surface area contributed by atoms with Crippen LogP contribution in [-0.2, 0) is 15.1 Å². The van der Waals surface area contributed by atoms with Gasteiger partial charge in [0.2, 0.25) is 16.2 Å². The van der Waals surface area contributed by atoms with E-state index >= 15 is 0 Å². The number of carbonyl (C=O) groups is 1. The molecule has 3 N–H and O–H groups in total. The van der Waals surface area contributed by atoms with Gasteiger partial charge >= 0.3 is 0 Å². The highest BCUT2D eigenvalue weighted by Crippen LogP contribution is 2.30. The second-order valence-electron chi connectivity index (χ2n) is 4.57. The molecule has 21 heavy (non-hydrogen) atoms. The zero-order valence-electron chi connectivity index (χ0n) is 10.8. The molecule has 0 spiro atoms. The van der Waals surface area contributed by atoms with Gasteiger partial charge in [0.25, 0.3) is 0 Å². The highest BCUT2D eigenvalue weighted by Gasteiger charge is 2.33. The fourth-order valence-electron chi connectivity index (χ4n) is 2.36. The Morgan fingerprint density at radius 1 is 1.14 bits per heavy atom. The summed E-state index contributed by atoms with van der Waals surface area (Å²) in [4.78, 5) is 15.3. The maximum absolute atomic E-state index is 11.4. The van der Waals surface area contributed by atoms with E-state index < -0.39 is 22.2 Å². The third-order valence-corrected chi connectivity index (χ3v) is 4.14. The molecule has 106 valence electrons. The van der Waals surface area contributed by atoms with Crippen molar-refractivity contribution in [1.29, 1.82) is 0 Å². The molecule has 2 heterocycles. The van der Waals surface area contributed by atoms with Crippen LogP contribution in [0.3, 0.4) is 0 Å². The fourth-order valence-corrected chi connectivity index (χ4v) is 3.08. The lowest BCUT2D eigenvalue weighted by Gasteiger charge is -2.04. The zero-order chi connectivity index (χ0) is 15.0. The summed E-state index contributed by atoms with van der Waals surface area (Å²) in [5.41, 5.74) is 8.05. The maximum atomic E-state index is 11.4. The van der Waals surface area contributed by atoms with Crippen molar-refractivity contribution in [2.24, 2.45) is 5.73 Å². The lowest BCUT2D eigenvalue weighted by atomic mass is 10.0. The van der Waals surface area contributed by atoms with Crippen LogP contribution in [0.5, 0.6) is 0 Å². The molecular formula is C14H11N3O3S. The first-order valence-corrected chi connectivity index (χ1v) is 7.22. The Hall–Kier alpha value is -2.67. The van der Waals surface area contributed by atoms with Gasteiger partial charge in [-0.05, 0) is 35.4 Å². The molecule has 0 saturated heterocycles. The van der Waals surface area contributed by atoms with Crippen LogP contribution in [0.15, 0.2) is 42.7 Å². The summed E-state index contributed by atoms with van der Waals surface area (Å²) in [5.74, 6) is -0.726. The molecule has 1 amide bonds. The topological polar surface area (TPSA) is 102 Å². The molecule has 1 unspecified atom stereocenters. The minimum Gasteiger partial charge on any atom is -0.369 e. The third kappa shape index (κ3) is 2.27. The van der Waals surface area contributed by atoms with Crippen LogP contribution >= 0.6 is 0 Å². The van der Waals surface area contributed by atoms with Crippen LogP contribution in [0.4, 0.5) is 5.69 Å². The first-order chi connectivity index (χ1) is 10.1. The molecular weight excluding hydrogens is 290 g/mol. The van der Waals surface area contributed by atoms with Gasteiger partial charge in [0.1, 0.15) is 10.9 Å². The molecule has 6 nitrogen and oxygen atoms in total. The normalized spacial score (nSPS) is 16.2. The summed E-state index contributed by atoms with van der Waals surface area (Å²) in [6, 6.07) is 7.93. The summed E-state index contributed by atoms with van der Waals surface area (Å²) >= 11 is 0. The average molecular weight is 301 g/mol. The molecule has 0 bridgehead atoms. The number of nitrogens with two attached hydrogens (primary N) is 1. The minimum atomic E-state index is -2.53. The number of anilines is 1. The van der Waals surface area contributed by atoms with Gasteiger partial charge in [-0.2, -0.15) is 8.42 Å². The van der Waals surface area contributed by atoms with Crippen LogP contribution in [0.25, 0.3) is 11.1 Å². The number of aromatic nitrogens is 1. The Kier molecular flexibility index (Phi) is 3.19. The van der Waals surface area contributed by atoms with Crippen LogP contribution < -0.4 is 11.1 Å². The fraction of sp³-hybridized carbons (Fsp3) is 0.0714. The maximum Gasteiger partial charge on any atom is 0.245 e. The standard InChI is InChI=1S/C14H11N3O3S/c15-14(18)12-13(21(19)20)10-7-9(1-2-11(10)17-12)8-3-5-16-6-4-8/h1-7,12,17H,(H2,15,18). The summed E-state index contributed by atoms with van der Waals surface area (Å²) in [6.07, 6.45) is 3.31. The van der Waals surface area contributed by atoms with E-state index in [2.05, 4.69) is 10.3 Å². The number of hydrogen-bond donors (Lipinski definition) is 2. The van der Waals surface area contributed by atoms with Crippen molar-refractivity contribution in [3.05, 3.63) is 48.3 Å². The van der Waals surface area contributed by atoms with E-state index in [1.54, 1.807) is 24.5 Å². The molecule has 1 aliphatic heterocycles. The van der Waals surface area contributed by atoms with E-state index in [1.165, 1.54) is 0 Å². The van der Waals surface area contributed by atoms with Crippen molar-refractivity contribution in [3.8, 4) is 11.1 Å². The van der Waals surface area contributed by atoms with Gasteiger partial charge in [0.15, 0.2) is 0 Å². The molecule has 3 rings (SSSR count). The average Bonchev–Trinajstić information content (AvgIpc) is 2.87. The van der Waals surface area contributed by atoms with Gasteiger partial charge in [0, 0.05) is 23.6 Å². The van der Waals surface area contributed by atoms with Crippen molar-refractivity contribution in [1.82, 2.24) is 4.98 Å². The monoisotopic (exact) mass is 301 g/mol. The number of primary amides is 1. The zero-order valence-corrected chi connectivity index (χ0v) is 11.6. The van der Waals surface area contributed by atoms with Gasteiger partial charge < -0.3 is 11.1 Å². The smallest absolute Gasteiger partial charge is 0.245 e. The molecule has 1 atom stereocenters. The van der Waals surface area contributed by atoms with Gasteiger partial charge in [-0.25, -0.2) is 0 Å². The van der Waals surface area contributed by atoms with Crippen molar-refractivity contribution in [2.45, 2.75) is 6.04 Å². The van der Waals surface area contributed by atoms with Gasteiger partial charge in [-0.3, -0.25) is 9.78 Å². The summed E-state index contributed by atoms with van der Waals surface area (Å²) in [6.45, 7) is 0. The van der Waals surface area contributed by atoms with Gasteiger partial charge in [-0.1, -0.05) is 6.07 Å². The molecule has 0 aliphatic carbocycles. The van der Waals surface area contributed by atoms with E-state index in [1.807, 2.05) is 18.2 Å². The Labute approximate surface area is 122 Å². The second kappa shape index (κ2) is 5.02. The molecule has 1 aromatic carbocycles. The molecule has 1 aliphatic rings. The molecule has 0 fully saturated rings. The highest BCUT2D eigenvalue weighted by molar-refractivity contribution is 7.73. The van der Waals surface area contributed by atoms with Crippen LogP contribution in [-0.4, -0.2) is 30.2 Å². The quantitative estimate of drug-likeness (QED) is 0.783. The number of carbonyl (C=O) groups excluding carboxylic acids is 1. The van der Waals surface area contributed by atoms with E-state index in [0.717, 1.165) is 11.1 Å². The van der Waals surface area contributed by atoms with Crippen LogP contribution in [0.1, 0.15) is 5.56 Å². The summed E-state index contributed by atoms with van der Waals surface area (Å²) < 4.78 is 22.9. The summed E-state index contributed by atoms with van der Waals surface area (Å²) in [5, 5.41) is 2.83. The summed E-state index contributed by atoms with van der Waals surface area (Å²) in [7, 11) is -2.53. The van der Waals surface area contributed by atoms with E-state index in [4.69, 9.17) is 5.73 Å². The molecule has 1 aromatic heterocycles. The minimum absolute atomic E-state index is 0.0200. The van der Waals surface area contributed by atoms with E-state index in [9.17, 15) is 13.2 Å². The van der Waals surface area contributed by atoms with Gasteiger partial charge in [-0.15, -0.1) is 0 Å². The van der Waals surface area contributed by atoms with Crippen molar-refractivity contribution >= 4 is 26.8 Å². The Morgan fingerprint density at radius 2 is 1.86 bits per heavy atom. The number of fused-ring (bicyclic) bond motifs is 1. The highest BCUT2D eigenvalue weighted by atomic mass is 32.2. The Bertz CT molecular complexity index is 852. The first-order valence-electron chi connectivity index (χ1n) is 6.14. The number of amides is 1. The van der Waals surface area contributed by atoms with Crippen LogP contribution in [0.2, 0.25) is 0 Å². The SMILES string of the molecule is NC(=O)C1Nc2ccc(-c3ccncc3)cc2C1=S(=O)=O. The van der Waals surface area contributed by atoms with Crippen molar-refractivity contribution < 1.29 is 13.2 Å². The molecule has 0 saturated carbocycles. The number of nitrogens with one attached hydrogen (secondary N) is 1. The lowest BCUT2D eigenvalue weighted by Crippen LogP contribution is -2.38. The molecule has 2 aromatic rings. The van der Waals surface area contributed by atoms with Gasteiger partial charge in [0.05, 0.1) is 0 Å². The number of rotatable bonds is 2. The number of pyridine rings is 1. The van der Waals surface area contributed by atoms with E-state index in [0.29, 0.717) is 11.3 Å². The third-order valence-electron chi connectivity index (χ3n) is 3.32. The Balaban J connectivity index is 2.18. The number of hydrogen-bond acceptors (Lipinski definition) is 5. The lowest BCUT2D eigenvalue weighted by molar-refractivity contribution is -0.117. The number of nitrogens with zero attached hydrogens (tertiary/aromatic N) is 1. The second-order valence-corrected chi connectivity index (χ2v) is 5.48. The molecule has 7 heteroatoms. The number of benzene rings is 1. The molecule has 0 radical (unpaired) electrons. The van der Waals surface area contributed by atoms with Crippen molar-refractivity contribution in [2.75, 3.05) is 5.32 Å². The van der Waals surface area contributed by atoms with E-state index in [-0.39, 0.29) is 4.86 Å². The largest absolute Gasteiger partial charge is 0.369 e.